The van der Waals surface area contributed by atoms with E-state index in [0.29, 0.717) is 24.4 Å². The molecule has 0 radical (unpaired) electrons. The van der Waals surface area contributed by atoms with Gasteiger partial charge in [0.1, 0.15) is 5.75 Å². The number of esters is 1. The average Bonchev–Trinajstić information content (AvgIpc) is 2.73. The van der Waals surface area contributed by atoms with Gasteiger partial charge < -0.3 is 19.7 Å². The summed E-state index contributed by atoms with van der Waals surface area (Å²) in [6, 6.07) is 16.3. The first kappa shape index (κ1) is 22.9. The van der Waals surface area contributed by atoms with Crippen LogP contribution in [0.4, 0.5) is 5.69 Å². The lowest BCUT2D eigenvalue weighted by atomic mass is 10.2. The molecule has 30 heavy (non-hydrogen) atoms. The summed E-state index contributed by atoms with van der Waals surface area (Å²) >= 11 is 0. The molecule has 2 aromatic carbocycles. The van der Waals surface area contributed by atoms with E-state index >= 15 is 0 Å². The molecule has 0 aliphatic carbocycles. The van der Waals surface area contributed by atoms with Crippen molar-refractivity contribution in [3.05, 3.63) is 60.2 Å². The van der Waals surface area contributed by atoms with E-state index in [4.69, 9.17) is 9.47 Å². The Hall–Kier alpha value is -3.35. The van der Waals surface area contributed by atoms with Crippen molar-refractivity contribution in [2.45, 2.75) is 33.3 Å². The molecule has 0 saturated carbocycles. The van der Waals surface area contributed by atoms with E-state index in [1.807, 2.05) is 38.1 Å². The van der Waals surface area contributed by atoms with Gasteiger partial charge in [-0.1, -0.05) is 43.3 Å². The van der Waals surface area contributed by atoms with Gasteiger partial charge in [-0.3, -0.25) is 9.59 Å². The average molecular weight is 412 g/mol. The van der Waals surface area contributed by atoms with Crippen LogP contribution >= 0.6 is 0 Å². The highest BCUT2D eigenvalue weighted by molar-refractivity contribution is 5.95. The Balaban J connectivity index is 1.86. The maximum absolute atomic E-state index is 12.5. The Morgan fingerprint density at radius 2 is 1.70 bits per heavy atom. The van der Waals surface area contributed by atoms with Crippen LogP contribution in [0.1, 0.15) is 25.8 Å². The van der Waals surface area contributed by atoms with Crippen LogP contribution in [0.25, 0.3) is 0 Å². The monoisotopic (exact) mass is 412 g/mol. The van der Waals surface area contributed by atoms with Crippen LogP contribution in [0.3, 0.4) is 0 Å². The van der Waals surface area contributed by atoms with Gasteiger partial charge in [0.15, 0.2) is 12.7 Å². The summed E-state index contributed by atoms with van der Waals surface area (Å²) < 4.78 is 10.6. The van der Waals surface area contributed by atoms with Gasteiger partial charge in [0.25, 0.3) is 5.91 Å². The summed E-state index contributed by atoms with van der Waals surface area (Å²) in [4.78, 5) is 38.4. The van der Waals surface area contributed by atoms with Crippen LogP contribution in [0.2, 0.25) is 0 Å². The highest BCUT2D eigenvalue weighted by Crippen LogP contribution is 2.13. The molecule has 2 amide bonds. The van der Waals surface area contributed by atoms with Gasteiger partial charge in [0.05, 0.1) is 6.54 Å². The number of ether oxygens (including phenoxy) is 2. The van der Waals surface area contributed by atoms with Gasteiger partial charge in [0, 0.05) is 12.2 Å². The Labute approximate surface area is 177 Å². The third kappa shape index (κ3) is 7.24. The fraction of sp³-hybridized carbons (Fsp3) is 0.348. The molecule has 0 spiro atoms. The Kier molecular flexibility index (Phi) is 8.87. The molecule has 1 atom stereocenters. The minimum absolute atomic E-state index is 0.116. The molecule has 160 valence electrons. The maximum atomic E-state index is 12.5. The predicted octanol–water partition coefficient (Wildman–Crippen LogP) is 3.18. The fourth-order valence-electron chi connectivity index (χ4n) is 2.73. The summed E-state index contributed by atoms with van der Waals surface area (Å²) in [6.45, 7) is 5.17. The zero-order valence-electron chi connectivity index (χ0n) is 17.6. The van der Waals surface area contributed by atoms with Crippen molar-refractivity contribution in [1.29, 1.82) is 0 Å². The molecular formula is C23H28N2O5. The Morgan fingerprint density at radius 1 is 1.03 bits per heavy atom. The Bertz CT molecular complexity index is 854. The molecule has 0 aliphatic heterocycles. The number of anilines is 1. The number of aryl methyl sites for hydroxylation is 1. The molecule has 0 aromatic heterocycles. The minimum Gasteiger partial charge on any atom is -0.479 e. The van der Waals surface area contributed by atoms with Crippen molar-refractivity contribution in [1.82, 2.24) is 4.90 Å². The number of benzene rings is 2. The molecule has 7 heteroatoms. The molecule has 0 fully saturated rings. The smallest absolute Gasteiger partial charge is 0.347 e. The van der Waals surface area contributed by atoms with Crippen LogP contribution in [0.15, 0.2) is 54.6 Å². The van der Waals surface area contributed by atoms with Crippen LogP contribution < -0.4 is 10.1 Å². The lowest BCUT2D eigenvalue weighted by molar-refractivity contribution is -0.157. The van der Waals surface area contributed by atoms with Crippen molar-refractivity contribution in [3.63, 3.8) is 0 Å². The molecule has 0 aliphatic rings. The molecular weight excluding hydrogens is 384 g/mol. The highest BCUT2D eigenvalue weighted by atomic mass is 16.6. The van der Waals surface area contributed by atoms with Crippen molar-refractivity contribution in [2.24, 2.45) is 0 Å². The van der Waals surface area contributed by atoms with Crippen LogP contribution in [0, 0.1) is 6.92 Å². The van der Waals surface area contributed by atoms with E-state index in [-0.39, 0.29) is 12.5 Å². The SMILES string of the molecule is CCCN(CC(=O)Nc1ccccc1C)C(=O)COC(=O)C(C)Oc1ccccc1. The van der Waals surface area contributed by atoms with E-state index in [9.17, 15) is 14.4 Å². The van der Waals surface area contributed by atoms with Gasteiger partial charge in [-0.05, 0) is 44.0 Å². The third-order valence-corrected chi connectivity index (χ3v) is 4.33. The van der Waals surface area contributed by atoms with E-state index in [0.717, 1.165) is 5.56 Å². The van der Waals surface area contributed by atoms with E-state index in [2.05, 4.69) is 5.32 Å². The number of carbonyl (C=O) groups excluding carboxylic acids is 3. The van der Waals surface area contributed by atoms with E-state index in [1.165, 1.54) is 4.90 Å². The summed E-state index contributed by atoms with van der Waals surface area (Å²) in [6.07, 6.45) is -0.186. The summed E-state index contributed by atoms with van der Waals surface area (Å²) in [5.41, 5.74) is 1.63. The normalized spacial score (nSPS) is 11.3. The van der Waals surface area contributed by atoms with Crippen molar-refractivity contribution >= 4 is 23.5 Å². The number of nitrogens with zero attached hydrogens (tertiary/aromatic N) is 1. The number of para-hydroxylation sites is 2. The molecule has 0 bridgehead atoms. The topological polar surface area (TPSA) is 84.9 Å². The minimum atomic E-state index is -0.857. The molecule has 1 N–H and O–H groups in total. The molecule has 2 rings (SSSR count). The number of rotatable bonds is 10. The van der Waals surface area contributed by atoms with Gasteiger partial charge in [-0.2, -0.15) is 0 Å². The lowest BCUT2D eigenvalue weighted by Gasteiger charge is -2.22. The van der Waals surface area contributed by atoms with Crippen molar-refractivity contribution in [3.8, 4) is 5.75 Å². The molecule has 0 heterocycles. The van der Waals surface area contributed by atoms with Gasteiger partial charge in [0.2, 0.25) is 5.91 Å². The second-order valence-electron chi connectivity index (χ2n) is 6.86. The highest BCUT2D eigenvalue weighted by Gasteiger charge is 2.21. The lowest BCUT2D eigenvalue weighted by Crippen LogP contribution is -2.41. The second kappa shape index (κ2) is 11.6. The van der Waals surface area contributed by atoms with Gasteiger partial charge in [-0.25, -0.2) is 4.79 Å². The maximum Gasteiger partial charge on any atom is 0.347 e. The largest absolute Gasteiger partial charge is 0.479 e. The summed E-state index contributed by atoms with van der Waals surface area (Å²) in [5, 5.41) is 2.80. The summed E-state index contributed by atoms with van der Waals surface area (Å²) in [5.74, 6) is -0.850. The molecule has 7 nitrogen and oxygen atoms in total. The number of hydrogen-bond donors (Lipinski definition) is 1. The fourth-order valence-corrected chi connectivity index (χ4v) is 2.73. The standard InChI is InChI=1S/C23H28N2O5/c1-4-14-25(15-21(26)24-20-13-9-8-10-17(20)2)22(27)16-29-23(28)18(3)30-19-11-6-5-7-12-19/h5-13,18H,4,14-16H2,1-3H3,(H,24,26). The number of amides is 2. The molecule has 0 saturated heterocycles. The zero-order valence-corrected chi connectivity index (χ0v) is 17.6. The quantitative estimate of drug-likeness (QED) is 0.606. The first-order valence-electron chi connectivity index (χ1n) is 9.92. The number of hydrogen-bond acceptors (Lipinski definition) is 5. The molecule has 1 unspecified atom stereocenters. The van der Waals surface area contributed by atoms with Crippen molar-refractivity contribution < 1.29 is 23.9 Å². The van der Waals surface area contributed by atoms with Gasteiger partial charge in [-0.15, -0.1) is 0 Å². The number of carbonyl (C=O) groups is 3. The Morgan fingerprint density at radius 3 is 2.37 bits per heavy atom. The van der Waals surface area contributed by atoms with E-state index < -0.39 is 24.6 Å². The van der Waals surface area contributed by atoms with E-state index in [1.54, 1.807) is 37.3 Å². The van der Waals surface area contributed by atoms with Crippen LogP contribution in [-0.2, 0) is 19.1 Å². The predicted molar refractivity (Wildman–Crippen MR) is 114 cm³/mol. The number of nitrogens with one attached hydrogen (secondary N) is 1. The molecule has 2 aromatic rings. The summed E-state index contributed by atoms with van der Waals surface area (Å²) in [7, 11) is 0. The third-order valence-electron chi connectivity index (χ3n) is 4.33. The van der Waals surface area contributed by atoms with Crippen LogP contribution in [0.5, 0.6) is 5.75 Å². The van der Waals surface area contributed by atoms with Crippen LogP contribution in [-0.4, -0.2) is 48.5 Å². The second-order valence-corrected chi connectivity index (χ2v) is 6.86. The first-order chi connectivity index (χ1) is 14.4. The van der Waals surface area contributed by atoms with Crippen molar-refractivity contribution in [2.75, 3.05) is 25.0 Å². The first-order valence-corrected chi connectivity index (χ1v) is 9.92. The zero-order chi connectivity index (χ0) is 21.9. The van der Waals surface area contributed by atoms with Gasteiger partial charge >= 0.3 is 5.97 Å².